The van der Waals surface area contributed by atoms with Crippen molar-refractivity contribution in [2.45, 2.75) is 48.0 Å². The second-order valence-corrected chi connectivity index (χ2v) is 9.33. The predicted molar refractivity (Wildman–Crippen MR) is 87.5 cm³/mol. The molecular formula is C12H25O12S2+. The summed E-state index contributed by atoms with van der Waals surface area (Å²) in [6.45, 7) is -1.51. The van der Waals surface area contributed by atoms with Gasteiger partial charge in [0.05, 0.1) is 13.2 Å². The van der Waals surface area contributed by atoms with Gasteiger partial charge < -0.3 is 40.9 Å². The summed E-state index contributed by atoms with van der Waals surface area (Å²) in [4.78, 5) is 0. The first-order valence-corrected chi connectivity index (χ1v) is 10.5. The second kappa shape index (κ2) is 9.90. The van der Waals surface area contributed by atoms with Crippen molar-refractivity contribution < 1.29 is 58.0 Å². The molecule has 0 amide bonds. The Labute approximate surface area is 152 Å². The maximum Gasteiger partial charge on any atom is 0.397 e. The fourth-order valence-electron chi connectivity index (χ4n) is 2.62. The van der Waals surface area contributed by atoms with Crippen LogP contribution in [0.3, 0.4) is 0 Å². The fourth-order valence-corrected chi connectivity index (χ4v) is 5.83. The van der Waals surface area contributed by atoms with Gasteiger partial charge in [-0.15, -0.1) is 0 Å². The van der Waals surface area contributed by atoms with E-state index in [1.54, 1.807) is 0 Å². The number of rotatable bonds is 10. The molecule has 1 aliphatic heterocycles. The maximum absolute atomic E-state index is 11.0. The lowest BCUT2D eigenvalue weighted by molar-refractivity contribution is -0.129. The molecule has 0 aromatic carbocycles. The lowest BCUT2D eigenvalue weighted by atomic mass is 10.0. The van der Waals surface area contributed by atoms with E-state index in [0.717, 1.165) is 0 Å². The summed E-state index contributed by atoms with van der Waals surface area (Å²) in [7, 11) is -6.18. The van der Waals surface area contributed by atoms with E-state index in [1.165, 1.54) is 0 Å². The SMILES string of the molecule is O=S(=O)(O)O[C@H]([C@H](O)C[S+]1C[C@@H](O)[C@H](O)[C@H]1CO)[C@@H](O)C(O)C(O)CO. The smallest absolute Gasteiger partial charge is 0.394 e. The average Bonchev–Trinajstić information content (AvgIpc) is 2.82. The quantitative estimate of drug-likeness (QED) is 0.118. The van der Waals surface area contributed by atoms with Crippen molar-refractivity contribution >= 4 is 21.3 Å². The van der Waals surface area contributed by atoms with E-state index in [-0.39, 0.29) is 11.5 Å². The number of hydrogen-bond donors (Lipinski definition) is 9. The van der Waals surface area contributed by atoms with E-state index in [2.05, 4.69) is 4.18 Å². The molecule has 14 heteroatoms. The zero-order valence-corrected chi connectivity index (χ0v) is 15.1. The average molecular weight is 425 g/mol. The van der Waals surface area contributed by atoms with Gasteiger partial charge in [0.15, 0.2) is 5.25 Å². The van der Waals surface area contributed by atoms with Crippen LogP contribution in [0.15, 0.2) is 0 Å². The topological polar surface area (TPSA) is 225 Å². The molecule has 26 heavy (non-hydrogen) atoms. The monoisotopic (exact) mass is 425 g/mol. The minimum Gasteiger partial charge on any atom is -0.394 e. The van der Waals surface area contributed by atoms with Gasteiger partial charge in [-0.1, -0.05) is 0 Å². The summed E-state index contributed by atoms with van der Waals surface area (Å²) in [5.41, 5.74) is 0. The number of aliphatic hydroxyl groups excluding tert-OH is 8. The molecule has 0 bridgehead atoms. The Morgan fingerprint density at radius 2 is 1.62 bits per heavy atom. The number of aliphatic hydroxyl groups is 8. The zero-order chi connectivity index (χ0) is 20.2. The highest BCUT2D eigenvalue weighted by Gasteiger charge is 2.52. The highest BCUT2D eigenvalue weighted by atomic mass is 32.3. The molecule has 1 fully saturated rings. The fraction of sp³-hybridized carbons (Fsp3) is 1.00. The minimum atomic E-state index is -5.17. The van der Waals surface area contributed by atoms with Crippen molar-refractivity contribution in [1.29, 1.82) is 0 Å². The molecule has 0 aromatic rings. The lowest BCUT2D eigenvalue weighted by Crippen LogP contribution is -2.53. The van der Waals surface area contributed by atoms with Crippen LogP contribution in [0.1, 0.15) is 0 Å². The van der Waals surface area contributed by atoms with Crippen LogP contribution in [0.2, 0.25) is 0 Å². The van der Waals surface area contributed by atoms with Gasteiger partial charge in [0.25, 0.3) is 0 Å². The first kappa shape index (κ1) is 23.9. The van der Waals surface area contributed by atoms with Crippen molar-refractivity contribution in [1.82, 2.24) is 0 Å². The van der Waals surface area contributed by atoms with Crippen LogP contribution in [-0.4, -0.2) is 127 Å². The molecule has 1 saturated heterocycles. The van der Waals surface area contributed by atoms with E-state index in [9.17, 15) is 44.2 Å². The van der Waals surface area contributed by atoms with Gasteiger partial charge in [0.2, 0.25) is 0 Å². The Kier molecular flexibility index (Phi) is 9.12. The summed E-state index contributed by atoms with van der Waals surface area (Å²) in [6, 6.07) is 0. The molecule has 0 spiro atoms. The van der Waals surface area contributed by atoms with Crippen LogP contribution >= 0.6 is 0 Å². The molecule has 1 rings (SSSR count). The van der Waals surface area contributed by atoms with E-state index in [0.29, 0.717) is 0 Å². The summed E-state index contributed by atoms with van der Waals surface area (Å²) in [5, 5.41) is 76.0. The molecule has 3 unspecified atom stereocenters. The van der Waals surface area contributed by atoms with Gasteiger partial charge in [-0.25, -0.2) is 4.18 Å². The molecule has 156 valence electrons. The zero-order valence-electron chi connectivity index (χ0n) is 13.5. The van der Waals surface area contributed by atoms with Gasteiger partial charge in [-0.05, 0) is 0 Å². The molecule has 0 aromatic heterocycles. The van der Waals surface area contributed by atoms with Crippen molar-refractivity contribution in [3.8, 4) is 0 Å². The van der Waals surface area contributed by atoms with Crippen LogP contribution in [0.5, 0.6) is 0 Å². The third kappa shape index (κ3) is 6.22. The van der Waals surface area contributed by atoms with E-state index in [1.807, 2.05) is 0 Å². The molecule has 0 radical (unpaired) electrons. The third-order valence-corrected chi connectivity index (χ3v) is 7.32. The molecule has 1 heterocycles. The second-order valence-electron chi connectivity index (χ2n) is 5.94. The van der Waals surface area contributed by atoms with Crippen LogP contribution in [-0.2, 0) is 25.5 Å². The van der Waals surface area contributed by atoms with E-state index in [4.69, 9.17) is 9.66 Å². The van der Waals surface area contributed by atoms with E-state index >= 15 is 0 Å². The Morgan fingerprint density at radius 1 is 1.04 bits per heavy atom. The highest BCUT2D eigenvalue weighted by Crippen LogP contribution is 2.26. The van der Waals surface area contributed by atoms with Crippen LogP contribution in [0.25, 0.3) is 0 Å². The molecule has 0 saturated carbocycles. The molecule has 1 aliphatic rings. The Morgan fingerprint density at radius 3 is 2.08 bits per heavy atom. The normalized spacial score (nSPS) is 32.8. The summed E-state index contributed by atoms with van der Waals surface area (Å²) >= 11 is 0. The van der Waals surface area contributed by atoms with Gasteiger partial charge >= 0.3 is 10.4 Å². The largest absolute Gasteiger partial charge is 0.397 e. The van der Waals surface area contributed by atoms with Crippen molar-refractivity contribution in [2.24, 2.45) is 0 Å². The summed E-state index contributed by atoms with van der Waals surface area (Å²) < 4.78 is 35.0. The van der Waals surface area contributed by atoms with E-state index < -0.39 is 82.5 Å². The maximum atomic E-state index is 11.0. The minimum absolute atomic E-state index is 0.0139. The van der Waals surface area contributed by atoms with Crippen molar-refractivity contribution in [2.75, 3.05) is 24.7 Å². The Balaban J connectivity index is 2.95. The third-order valence-electron chi connectivity index (χ3n) is 4.03. The first-order valence-electron chi connectivity index (χ1n) is 7.55. The Hall–Kier alpha value is -0.100. The van der Waals surface area contributed by atoms with Gasteiger partial charge in [0.1, 0.15) is 54.2 Å². The Bertz CT molecular complexity index is 530. The summed E-state index contributed by atoms with van der Waals surface area (Å²) in [6.07, 6.45) is -12.6. The predicted octanol–water partition coefficient (Wildman–Crippen LogP) is -5.68. The molecule has 12 nitrogen and oxygen atoms in total. The molecule has 9 N–H and O–H groups in total. The van der Waals surface area contributed by atoms with Gasteiger partial charge in [0, 0.05) is 10.9 Å². The van der Waals surface area contributed by atoms with Gasteiger partial charge in [-0.3, -0.25) is 4.55 Å². The standard InChI is InChI=1S/C12H24O12S2/c13-1-5(15)10(19)11(20)12(24-26(21,22)23)7(17)4-25-3-6(16)9(18)8(25)2-14/h5-20H,1-4H2/p+1/t5?,6-,7-,8-,9+,10?,11+,12-,25?/m1/s1. The molecular weight excluding hydrogens is 400 g/mol. The van der Waals surface area contributed by atoms with Gasteiger partial charge in [-0.2, -0.15) is 8.42 Å². The molecule has 9 atom stereocenters. The van der Waals surface area contributed by atoms with Crippen LogP contribution in [0.4, 0.5) is 0 Å². The summed E-state index contributed by atoms with van der Waals surface area (Å²) in [5.74, 6) is -0.363. The number of hydrogen-bond acceptors (Lipinski definition) is 11. The molecule has 0 aliphatic carbocycles. The van der Waals surface area contributed by atoms with Crippen LogP contribution < -0.4 is 0 Å². The van der Waals surface area contributed by atoms with Crippen molar-refractivity contribution in [3.05, 3.63) is 0 Å². The lowest BCUT2D eigenvalue weighted by Gasteiger charge is -2.30. The van der Waals surface area contributed by atoms with Crippen molar-refractivity contribution in [3.63, 3.8) is 0 Å². The van der Waals surface area contributed by atoms with Crippen LogP contribution in [0, 0.1) is 0 Å². The first-order chi connectivity index (χ1) is 11.9. The highest BCUT2D eigenvalue weighted by molar-refractivity contribution is 7.97.